The zero-order valence-electron chi connectivity index (χ0n) is 6.68. The zero-order valence-corrected chi connectivity index (χ0v) is 6.68. The maximum Gasteiger partial charge on any atom is 0.309 e. The molecule has 0 saturated heterocycles. The number of nitro groups is 1. The van der Waals surface area contributed by atoms with E-state index in [1.165, 1.54) is 6.92 Å². The van der Waals surface area contributed by atoms with E-state index in [-0.39, 0.29) is 11.6 Å². The van der Waals surface area contributed by atoms with Gasteiger partial charge in [-0.2, -0.15) is 0 Å². The summed E-state index contributed by atoms with van der Waals surface area (Å²) >= 11 is 0. The highest BCUT2D eigenvalue weighted by atomic mass is 16.6. The number of hydrogen-bond acceptors (Lipinski definition) is 5. The van der Waals surface area contributed by atoms with Gasteiger partial charge in [0.2, 0.25) is 5.88 Å². The van der Waals surface area contributed by atoms with Crippen LogP contribution in [0.4, 0.5) is 5.69 Å². The quantitative estimate of drug-likeness (QED) is 0.381. The first-order valence-corrected chi connectivity index (χ1v) is 3.30. The molecule has 13 heavy (non-hydrogen) atoms. The average Bonchev–Trinajstić information content (AvgIpc) is 2.04. The van der Waals surface area contributed by atoms with Crippen LogP contribution in [-0.4, -0.2) is 15.9 Å². The number of hydrogen-bond donors (Lipinski definition) is 0. The van der Waals surface area contributed by atoms with Crippen LogP contribution in [0.25, 0.3) is 0 Å². The molecule has 0 aliphatic heterocycles. The maximum atomic E-state index is 10.4. The van der Waals surface area contributed by atoms with E-state index in [9.17, 15) is 14.9 Å². The third-order valence-electron chi connectivity index (χ3n) is 1.10. The predicted octanol–water partition coefficient (Wildman–Crippen LogP) is 0.715. The molecule has 1 heterocycles. The van der Waals surface area contributed by atoms with Gasteiger partial charge in [0.05, 0.1) is 11.0 Å². The molecule has 1 aromatic heterocycles. The summed E-state index contributed by atoms with van der Waals surface area (Å²) in [6, 6.07) is 3.44. The van der Waals surface area contributed by atoms with Gasteiger partial charge in [0.1, 0.15) is 6.20 Å². The SMILES string of the molecule is CC(=O)Oc1c[c]c([N+](=O)[O-])cn1. The van der Waals surface area contributed by atoms with Crippen molar-refractivity contribution in [3.05, 3.63) is 28.4 Å². The van der Waals surface area contributed by atoms with Crippen molar-refractivity contribution in [2.75, 3.05) is 0 Å². The van der Waals surface area contributed by atoms with Crippen molar-refractivity contribution >= 4 is 11.7 Å². The van der Waals surface area contributed by atoms with Crippen LogP contribution in [0.1, 0.15) is 6.92 Å². The third kappa shape index (κ3) is 2.51. The lowest BCUT2D eigenvalue weighted by molar-refractivity contribution is -0.385. The molecule has 0 amide bonds. The molecule has 0 aliphatic carbocycles. The van der Waals surface area contributed by atoms with Crippen molar-refractivity contribution in [3.8, 4) is 5.88 Å². The molecule has 0 bridgehead atoms. The lowest BCUT2D eigenvalue weighted by atomic mass is 10.4. The highest BCUT2D eigenvalue weighted by Gasteiger charge is 2.07. The molecule has 1 aromatic rings. The number of nitrogens with zero attached hydrogens (tertiary/aromatic N) is 2. The molecule has 0 saturated carbocycles. The topological polar surface area (TPSA) is 82.3 Å². The number of carbonyl (C=O) groups is 1. The van der Waals surface area contributed by atoms with Gasteiger partial charge in [-0.3, -0.25) is 14.9 Å². The second-order valence-corrected chi connectivity index (χ2v) is 2.12. The Hall–Kier alpha value is -1.98. The number of rotatable bonds is 2. The van der Waals surface area contributed by atoms with Crippen LogP contribution >= 0.6 is 0 Å². The molecular weight excluding hydrogens is 176 g/mol. The lowest BCUT2D eigenvalue weighted by Crippen LogP contribution is -2.03. The van der Waals surface area contributed by atoms with Crippen LogP contribution < -0.4 is 4.74 Å². The standard InChI is InChI=1S/C7H5N2O4/c1-5(10)13-7-3-2-6(4-8-7)9(11)12/h3-4H,1H3. The molecule has 0 atom stereocenters. The molecule has 1 radical (unpaired) electrons. The first-order chi connectivity index (χ1) is 6.09. The number of esters is 1. The molecule has 0 spiro atoms. The van der Waals surface area contributed by atoms with E-state index in [1.807, 2.05) is 0 Å². The molecule has 67 valence electrons. The van der Waals surface area contributed by atoms with E-state index in [1.54, 1.807) is 0 Å². The Bertz CT molecular complexity index is 333. The zero-order chi connectivity index (χ0) is 9.84. The minimum Gasteiger partial charge on any atom is -0.408 e. The summed E-state index contributed by atoms with van der Waals surface area (Å²) in [5.41, 5.74) is -0.268. The maximum absolute atomic E-state index is 10.4. The largest absolute Gasteiger partial charge is 0.408 e. The van der Waals surface area contributed by atoms with E-state index in [0.717, 1.165) is 12.3 Å². The van der Waals surface area contributed by atoms with E-state index >= 15 is 0 Å². The molecule has 0 aliphatic rings. The molecule has 6 nitrogen and oxygen atoms in total. The van der Waals surface area contributed by atoms with Gasteiger partial charge in [0.25, 0.3) is 5.69 Å². The molecular formula is C7H5N2O4. The molecule has 0 N–H and O–H groups in total. The highest BCUT2D eigenvalue weighted by Crippen LogP contribution is 2.12. The van der Waals surface area contributed by atoms with Crippen molar-refractivity contribution in [3.63, 3.8) is 0 Å². The molecule has 0 fully saturated rings. The van der Waals surface area contributed by atoms with Crippen LogP contribution in [0.15, 0.2) is 12.3 Å². The van der Waals surface area contributed by atoms with Crippen molar-refractivity contribution in [1.82, 2.24) is 4.98 Å². The van der Waals surface area contributed by atoms with Crippen LogP contribution in [0.3, 0.4) is 0 Å². The third-order valence-corrected chi connectivity index (χ3v) is 1.10. The minimum atomic E-state index is -0.634. The molecule has 6 heteroatoms. The summed E-state index contributed by atoms with van der Waals surface area (Å²) < 4.78 is 4.55. The second kappa shape index (κ2) is 3.61. The number of carbonyl (C=O) groups excluding carboxylic acids is 1. The summed E-state index contributed by atoms with van der Waals surface area (Å²) in [6.45, 7) is 1.21. The monoisotopic (exact) mass is 181 g/mol. The fourth-order valence-corrected chi connectivity index (χ4v) is 0.638. The van der Waals surface area contributed by atoms with Gasteiger partial charge >= 0.3 is 5.97 Å². The van der Waals surface area contributed by atoms with E-state index in [4.69, 9.17) is 0 Å². The fraction of sp³-hybridized carbons (Fsp3) is 0.143. The summed E-state index contributed by atoms with van der Waals surface area (Å²) in [5.74, 6) is -0.534. The Kier molecular flexibility index (Phi) is 2.53. The number of ether oxygens (including phenoxy) is 1. The van der Waals surface area contributed by atoms with Gasteiger partial charge in [-0.05, 0) is 0 Å². The Labute approximate surface area is 73.3 Å². The van der Waals surface area contributed by atoms with E-state index < -0.39 is 10.9 Å². The van der Waals surface area contributed by atoms with Gasteiger partial charge in [0.15, 0.2) is 0 Å². The summed E-state index contributed by atoms with van der Waals surface area (Å²) in [5, 5.41) is 10.2. The van der Waals surface area contributed by atoms with Crippen molar-refractivity contribution in [2.45, 2.75) is 6.92 Å². The van der Waals surface area contributed by atoms with Crippen LogP contribution in [-0.2, 0) is 4.79 Å². The summed E-state index contributed by atoms with van der Waals surface area (Å²) in [4.78, 5) is 23.5. The minimum absolute atomic E-state index is 0.00176. The van der Waals surface area contributed by atoms with Crippen LogP contribution in [0.5, 0.6) is 5.88 Å². The first kappa shape index (κ1) is 9.11. The second-order valence-electron chi connectivity index (χ2n) is 2.12. The normalized spacial score (nSPS) is 9.31. The predicted molar refractivity (Wildman–Crippen MR) is 41.0 cm³/mol. The molecule has 1 rings (SSSR count). The van der Waals surface area contributed by atoms with Crippen molar-refractivity contribution < 1.29 is 14.5 Å². The smallest absolute Gasteiger partial charge is 0.309 e. The molecule has 0 unspecified atom stereocenters. The molecule has 0 aromatic carbocycles. The Morgan fingerprint density at radius 3 is 2.85 bits per heavy atom. The average molecular weight is 181 g/mol. The van der Waals surface area contributed by atoms with Crippen molar-refractivity contribution in [2.24, 2.45) is 0 Å². The summed E-state index contributed by atoms with van der Waals surface area (Å²) in [7, 11) is 0. The Morgan fingerprint density at radius 2 is 2.46 bits per heavy atom. The van der Waals surface area contributed by atoms with Gasteiger partial charge in [-0.15, -0.1) is 0 Å². The number of pyridine rings is 1. The highest BCUT2D eigenvalue weighted by molar-refractivity contribution is 5.68. The van der Waals surface area contributed by atoms with Crippen LogP contribution in [0.2, 0.25) is 0 Å². The van der Waals surface area contributed by atoms with Gasteiger partial charge < -0.3 is 4.74 Å². The van der Waals surface area contributed by atoms with E-state index in [2.05, 4.69) is 15.8 Å². The van der Waals surface area contributed by atoms with Crippen molar-refractivity contribution in [1.29, 1.82) is 0 Å². The van der Waals surface area contributed by atoms with Crippen LogP contribution in [0, 0.1) is 16.2 Å². The first-order valence-electron chi connectivity index (χ1n) is 3.30. The van der Waals surface area contributed by atoms with E-state index in [0.29, 0.717) is 0 Å². The fourth-order valence-electron chi connectivity index (χ4n) is 0.638. The van der Waals surface area contributed by atoms with Gasteiger partial charge in [-0.1, -0.05) is 0 Å². The van der Waals surface area contributed by atoms with Gasteiger partial charge in [-0.25, -0.2) is 4.98 Å². The Morgan fingerprint density at radius 1 is 1.77 bits per heavy atom. The Balaban J connectivity index is 2.81. The van der Waals surface area contributed by atoms with Gasteiger partial charge in [0, 0.05) is 13.0 Å². The summed E-state index contributed by atoms with van der Waals surface area (Å²) in [6.07, 6.45) is 0.971. The lowest BCUT2D eigenvalue weighted by Gasteiger charge is -1.97. The number of aromatic nitrogens is 1.